The first-order chi connectivity index (χ1) is 9.08. The maximum Gasteiger partial charge on any atom is 0.129 e. The van der Waals surface area contributed by atoms with E-state index in [2.05, 4.69) is 36.0 Å². The Morgan fingerprint density at radius 1 is 1.42 bits per heavy atom. The van der Waals surface area contributed by atoms with Gasteiger partial charge in [0.25, 0.3) is 0 Å². The first kappa shape index (κ1) is 16.2. The first-order valence-corrected chi connectivity index (χ1v) is 7.09. The van der Waals surface area contributed by atoms with Crippen LogP contribution < -0.4 is 10.2 Å². The summed E-state index contributed by atoms with van der Waals surface area (Å²) in [6.07, 6.45) is 0. The fourth-order valence-corrected chi connectivity index (χ4v) is 1.88. The van der Waals surface area contributed by atoms with Crippen LogP contribution in [0.5, 0.6) is 0 Å². The monoisotopic (exact) mass is 285 g/mol. The van der Waals surface area contributed by atoms with E-state index in [1.807, 2.05) is 12.1 Å². The van der Waals surface area contributed by atoms with Crippen molar-refractivity contribution in [3.05, 3.63) is 22.8 Å². The number of aromatic nitrogens is 1. The van der Waals surface area contributed by atoms with Crippen LogP contribution in [0.4, 0.5) is 5.82 Å². The van der Waals surface area contributed by atoms with Gasteiger partial charge in [0.15, 0.2) is 0 Å². The number of anilines is 1. The third-order valence-electron chi connectivity index (χ3n) is 2.85. The lowest BCUT2D eigenvalue weighted by molar-refractivity contribution is 0.205. The Kier molecular flexibility index (Phi) is 7.13. The molecule has 1 N–H and O–H groups in total. The van der Waals surface area contributed by atoms with Crippen LogP contribution in [-0.4, -0.2) is 37.8 Å². The lowest BCUT2D eigenvalue weighted by Crippen LogP contribution is -2.28. The lowest BCUT2D eigenvalue weighted by Gasteiger charge is -2.22. The first-order valence-electron chi connectivity index (χ1n) is 6.71. The van der Waals surface area contributed by atoms with E-state index >= 15 is 0 Å². The summed E-state index contributed by atoms with van der Waals surface area (Å²) in [6, 6.07) is 4.29. The molecule has 0 aliphatic carbocycles. The summed E-state index contributed by atoms with van der Waals surface area (Å²) in [5, 5.41) is 4.05. The van der Waals surface area contributed by atoms with Gasteiger partial charge in [0.05, 0.1) is 17.3 Å². The number of halogens is 1. The van der Waals surface area contributed by atoms with E-state index in [1.54, 1.807) is 7.11 Å². The van der Waals surface area contributed by atoms with Crippen molar-refractivity contribution in [2.75, 3.05) is 31.7 Å². The molecule has 5 heteroatoms. The molecule has 0 saturated heterocycles. The van der Waals surface area contributed by atoms with E-state index in [0.29, 0.717) is 24.2 Å². The number of hydrogen-bond acceptors (Lipinski definition) is 4. The van der Waals surface area contributed by atoms with Gasteiger partial charge in [-0.05, 0) is 19.1 Å². The zero-order chi connectivity index (χ0) is 14.3. The van der Waals surface area contributed by atoms with E-state index in [9.17, 15) is 0 Å². The van der Waals surface area contributed by atoms with Gasteiger partial charge in [-0.3, -0.25) is 0 Å². The average Bonchev–Trinajstić information content (AvgIpc) is 2.39. The Balaban J connectivity index is 2.80. The molecule has 1 heterocycles. The molecule has 0 atom stereocenters. The number of hydrogen-bond donors (Lipinski definition) is 1. The van der Waals surface area contributed by atoms with Crippen molar-refractivity contribution in [3.8, 4) is 0 Å². The largest absolute Gasteiger partial charge is 0.383 e. The number of methoxy groups -OCH3 is 1. The van der Waals surface area contributed by atoms with Crippen LogP contribution in [0.15, 0.2) is 12.1 Å². The highest BCUT2D eigenvalue weighted by Gasteiger charge is 2.09. The molecule has 0 aliphatic rings. The Hall–Kier alpha value is -0.840. The molecule has 0 spiro atoms. The van der Waals surface area contributed by atoms with Gasteiger partial charge < -0.3 is 15.0 Å². The predicted octanol–water partition coefficient (Wildman–Crippen LogP) is 2.71. The fourth-order valence-electron chi connectivity index (χ4n) is 1.71. The van der Waals surface area contributed by atoms with Gasteiger partial charge in [0.2, 0.25) is 0 Å². The summed E-state index contributed by atoms with van der Waals surface area (Å²) >= 11 is 6.19. The van der Waals surface area contributed by atoms with Crippen molar-refractivity contribution >= 4 is 17.4 Å². The summed E-state index contributed by atoms with van der Waals surface area (Å²) in [7, 11) is 1.71. The van der Waals surface area contributed by atoms with Crippen molar-refractivity contribution in [2.24, 2.45) is 0 Å². The van der Waals surface area contributed by atoms with Crippen LogP contribution in [0, 0.1) is 0 Å². The van der Waals surface area contributed by atoms with E-state index in [0.717, 1.165) is 24.6 Å². The van der Waals surface area contributed by atoms with Crippen LogP contribution >= 0.6 is 11.6 Å². The van der Waals surface area contributed by atoms with Crippen molar-refractivity contribution in [3.63, 3.8) is 0 Å². The minimum atomic E-state index is 0.414. The predicted molar refractivity (Wildman–Crippen MR) is 81.0 cm³/mol. The van der Waals surface area contributed by atoms with Crippen LogP contribution in [0.2, 0.25) is 5.02 Å². The molecule has 0 aliphatic heterocycles. The molecule has 4 nitrogen and oxygen atoms in total. The molecule has 0 fully saturated rings. The topological polar surface area (TPSA) is 37.4 Å². The number of ether oxygens (including phenoxy) is 1. The van der Waals surface area contributed by atoms with E-state index < -0.39 is 0 Å². The molecule has 0 bridgehead atoms. The third kappa shape index (κ3) is 5.35. The van der Waals surface area contributed by atoms with Crippen LogP contribution in [0.3, 0.4) is 0 Å². The summed E-state index contributed by atoms with van der Waals surface area (Å²) in [5.41, 5.74) is 0.892. The SMILES string of the molecule is CCN(CCOC)c1ccc(Cl)c(CNC(C)C)n1. The van der Waals surface area contributed by atoms with E-state index in [1.165, 1.54) is 0 Å². The number of pyridine rings is 1. The maximum absolute atomic E-state index is 6.19. The molecule has 1 rings (SSSR count). The standard InChI is InChI=1S/C14H24ClN3O/c1-5-18(8-9-19-4)14-7-6-12(15)13(17-14)10-16-11(2)3/h6-7,11,16H,5,8-10H2,1-4H3. The minimum Gasteiger partial charge on any atom is -0.383 e. The minimum absolute atomic E-state index is 0.414. The Bertz CT molecular complexity index is 385. The van der Waals surface area contributed by atoms with Gasteiger partial charge in [-0.1, -0.05) is 25.4 Å². The number of nitrogens with one attached hydrogen (secondary N) is 1. The molecule has 0 amide bonds. The summed E-state index contributed by atoms with van der Waals surface area (Å²) in [6.45, 7) is 9.43. The fraction of sp³-hybridized carbons (Fsp3) is 0.643. The van der Waals surface area contributed by atoms with E-state index in [4.69, 9.17) is 16.3 Å². The second-order valence-electron chi connectivity index (χ2n) is 4.71. The Morgan fingerprint density at radius 3 is 2.74 bits per heavy atom. The van der Waals surface area contributed by atoms with Crippen molar-refractivity contribution in [1.82, 2.24) is 10.3 Å². The summed E-state index contributed by atoms with van der Waals surface area (Å²) in [5.74, 6) is 0.949. The molecule has 19 heavy (non-hydrogen) atoms. The van der Waals surface area contributed by atoms with Gasteiger partial charge >= 0.3 is 0 Å². The second kappa shape index (κ2) is 8.35. The Labute approximate surface area is 121 Å². The van der Waals surface area contributed by atoms with Crippen molar-refractivity contribution in [1.29, 1.82) is 0 Å². The molecule has 0 radical (unpaired) electrons. The van der Waals surface area contributed by atoms with Gasteiger partial charge in [-0.15, -0.1) is 0 Å². The van der Waals surface area contributed by atoms with Crippen molar-refractivity contribution < 1.29 is 4.74 Å². The number of nitrogens with zero attached hydrogens (tertiary/aromatic N) is 2. The molecule has 108 valence electrons. The van der Waals surface area contributed by atoms with Crippen molar-refractivity contribution in [2.45, 2.75) is 33.4 Å². The normalized spacial score (nSPS) is 11.1. The number of likely N-dealkylation sites (N-methyl/N-ethyl adjacent to an activating group) is 1. The zero-order valence-electron chi connectivity index (χ0n) is 12.2. The van der Waals surface area contributed by atoms with E-state index in [-0.39, 0.29) is 0 Å². The summed E-state index contributed by atoms with van der Waals surface area (Å²) < 4.78 is 5.12. The molecule has 0 unspecified atom stereocenters. The van der Waals surface area contributed by atoms with Crippen LogP contribution in [-0.2, 0) is 11.3 Å². The molecule has 0 saturated carbocycles. The Morgan fingerprint density at radius 2 is 2.16 bits per heavy atom. The number of rotatable bonds is 8. The molecular formula is C14H24ClN3O. The average molecular weight is 286 g/mol. The highest BCUT2D eigenvalue weighted by Crippen LogP contribution is 2.19. The highest BCUT2D eigenvalue weighted by molar-refractivity contribution is 6.31. The molecule has 1 aromatic heterocycles. The smallest absolute Gasteiger partial charge is 0.129 e. The molecule has 0 aromatic carbocycles. The van der Waals surface area contributed by atoms with Gasteiger partial charge in [0, 0.05) is 32.8 Å². The maximum atomic E-state index is 6.19. The third-order valence-corrected chi connectivity index (χ3v) is 3.20. The molecular weight excluding hydrogens is 262 g/mol. The lowest BCUT2D eigenvalue weighted by atomic mass is 10.3. The van der Waals surface area contributed by atoms with Gasteiger partial charge in [-0.25, -0.2) is 4.98 Å². The van der Waals surface area contributed by atoms with Crippen LogP contribution in [0.1, 0.15) is 26.5 Å². The molecule has 1 aromatic rings. The zero-order valence-corrected chi connectivity index (χ0v) is 13.0. The quantitative estimate of drug-likeness (QED) is 0.797. The second-order valence-corrected chi connectivity index (χ2v) is 5.11. The van der Waals surface area contributed by atoms with Gasteiger partial charge in [0.1, 0.15) is 5.82 Å². The van der Waals surface area contributed by atoms with Gasteiger partial charge in [-0.2, -0.15) is 0 Å². The highest BCUT2D eigenvalue weighted by atomic mass is 35.5. The summed E-state index contributed by atoms with van der Waals surface area (Å²) in [4.78, 5) is 6.82. The van der Waals surface area contributed by atoms with Crippen LogP contribution in [0.25, 0.3) is 0 Å².